The van der Waals surface area contributed by atoms with Crippen LogP contribution in [0.4, 0.5) is 4.79 Å². The molecule has 104 valence electrons. The summed E-state index contributed by atoms with van der Waals surface area (Å²) >= 11 is 0. The van der Waals surface area contributed by atoms with Crippen molar-refractivity contribution in [1.29, 1.82) is 0 Å². The van der Waals surface area contributed by atoms with Crippen LogP contribution in [-0.4, -0.2) is 23.6 Å². The average molecular weight is 269 g/mol. The molecule has 4 rings (SSSR count). The maximum atomic E-state index is 12.4. The van der Waals surface area contributed by atoms with Gasteiger partial charge < -0.3 is 9.64 Å². The van der Waals surface area contributed by atoms with Crippen molar-refractivity contribution in [2.24, 2.45) is 5.92 Å². The smallest absolute Gasteiger partial charge is 0.410 e. The molecule has 1 aliphatic carbocycles. The second-order valence-electron chi connectivity index (χ2n) is 6.02. The van der Waals surface area contributed by atoms with Crippen LogP contribution in [0.3, 0.4) is 0 Å². The van der Waals surface area contributed by atoms with Gasteiger partial charge in [0.1, 0.15) is 5.76 Å². The van der Waals surface area contributed by atoms with Crippen LogP contribution in [0.5, 0.6) is 0 Å². The van der Waals surface area contributed by atoms with Crippen molar-refractivity contribution < 1.29 is 9.53 Å². The van der Waals surface area contributed by atoms with E-state index in [1.807, 2.05) is 35.2 Å². The molecule has 2 unspecified atom stereocenters. The fraction of sp³-hybridized carbons (Fsp3) is 0.471. The highest BCUT2D eigenvalue weighted by atomic mass is 16.6. The predicted molar refractivity (Wildman–Crippen MR) is 76.9 cm³/mol. The molecule has 1 saturated heterocycles. The van der Waals surface area contributed by atoms with E-state index in [9.17, 15) is 4.79 Å². The molecule has 2 heterocycles. The van der Waals surface area contributed by atoms with Crippen LogP contribution in [0, 0.1) is 5.92 Å². The van der Waals surface area contributed by atoms with Crippen molar-refractivity contribution in [3.8, 4) is 0 Å². The van der Waals surface area contributed by atoms with Gasteiger partial charge in [0.2, 0.25) is 0 Å². The van der Waals surface area contributed by atoms with E-state index in [-0.39, 0.29) is 6.09 Å². The third-order valence-electron chi connectivity index (χ3n) is 4.90. The van der Waals surface area contributed by atoms with Gasteiger partial charge in [-0.05, 0) is 37.2 Å². The molecule has 0 aromatic heterocycles. The largest absolute Gasteiger partial charge is 0.415 e. The van der Waals surface area contributed by atoms with E-state index in [4.69, 9.17) is 4.74 Å². The van der Waals surface area contributed by atoms with Crippen molar-refractivity contribution >= 4 is 11.9 Å². The predicted octanol–water partition coefficient (Wildman–Crippen LogP) is 3.81. The maximum absolute atomic E-state index is 12.4. The number of benzene rings is 1. The Hall–Kier alpha value is -1.77. The first-order valence-electron chi connectivity index (χ1n) is 7.61. The van der Waals surface area contributed by atoms with E-state index < -0.39 is 0 Å². The normalized spacial score (nSPS) is 29.0. The molecule has 0 spiro atoms. The summed E-state index contributed by atoms with van der Waals surface area (Å²) in [5.41, 5.74) is 2.39. The number of rotatable bonds is 1. The molecule has 0 N–H and O–H groups in total. The molecule has 2 fully saturated rings. The molecule has 0 radical (unpaired) electrons. The first-order valence-corrected chi connectivity index (χ1v) is 7.61. The Bertz CT molecular complexity index is 564. The molecule has 1 saturated carbocycles. The van der Waals surface area contributed by atoms with Crippen LogP contribution >= 0.6 is 0 Å². The lowest BCUT2D eigenvalue weighted by Crippen LogP contribution is -2.45. The maximum Gasteiger partial charge on any atom is 0.415 e. The highest BCUT2D eigenvalue weighted by Crippen LogP contribution is 2.46. The topological polar surface area (TPSA) is 29.5 Å². The molecule has 3 heteroatoms. The van der Waals surface area contributed by atoms with Gasteiger partial charge in [0.25, 0.3) is 0 Å². The molecule has 1 aromatic carbocycles. The van der Waals surface area contributed by atoms with Crippen LogP contribution in [0.2, 0.25) is 0 Å². The van der Waals surface area contributed by atoms with Crippen molar-refractivity contribution in [2.45, 2.75) is 38.1 Å². The van der Waals surface area contributed by atoms with Crippen LogP contribution in [0.15, 0.2) is 35.9 Å². The fourth-order valence-corrected chi connectivity index (χ4v) is 4.00. The molecule has 0 bridgehead atoms. The molecule has 3 aliphatic rings. The lowest BCUT2D eigenvalue weighted by Gasteiger charge is -2.36. The van der Waals surface area contributed by atoms with E-state index >= 15 is 0 Å². The molecular weight excluding hydrogens is 250 g/mol. The fourth-order valence-electron chi connectivity index (χ4n) is 4.00. The molecule has 2 aliphatic heterocycles. The monoisotopic (exact) mass is 269 g/mol. The van der Waals surface area contributed by atoms with Gasteiger partial charge in [0, 0.05) is 12.1 Å². The Balaban J connectivity index is 1.82. The number of carbonyl (C=O) groups is 1. The minimum absolute atomic E-state index is 0.147. The molecule has 3 nitrogen and oxygen atoms in total. The van der Waals surface area contributed by atoms with Gasteiger partial charge in [0.15, 0.2) is 0 Å². The lowest BCUT2D eigenvalue weighted by molar-refractivity contribution is 0.113. The second kappa shape index (κ2) is 4.65. The van der Waals surface area contributed by atoms with E-state index in [2.05, 4.69) is 0 Å². The van der Waals surface area contributed by atoms with E-state index in [0.29, 0.717) is 12.0 Å². The number of nitrogens with zero attached hydrogens (tertiary/aromatic N) is 1. The molecule has 2 atom stereocenters. The summed E-state index contributed by atoms with van der Waals surface area (Å²) in [4.78, 5) is 14.3. The molecule has 1 amide bonds. The summed E-state index contributed by atoms with van der Waals surface area (Å²) in [6.45, 7) is 0.853. The summed E-state index contributed by atoms with van der Waals surface area (Å²) in [5, 5.41) is 0. The molecular formula is C17H19NO2. The van der Waals surface area contributed by atoms with Crippen molar-refractivity contribution in [3.63, 3.8) is 0 Å². The Kier molecular flexibility index (Phi) is 2.79. The van der Waals surface area contributed by atoms with Gasteiger partial charge >= 0.3 is 6.09 Å². The van der Waals surface area contributed by atoms with Gasteiger partial charge in [-0.2, -0.15) is 0 Å². The molecule has 20 heavy (non-hydrogen) atoms. The van der Waals surface area contributed by atoms with Gasteiger partial charge in [-0.1, -0.05) is 36.8 Å². The lowest BCUT2D eigenvalue weighted by atomic mass is 9.94. The number of ether oxygens (including phenoxy) is 1. The second-order valence-corrected chi connectivity index (χ2v) is 6.02. The third-order valence-corrected chi connectivity index (χ3v) is 4.90. The quantitative estimate of drug-likeness (QED) is 0.775. The first-order chi connectivity index (χ1) is 9.84. The highest BCUT2D eigenvalue weighted by Gasteiger charge is 2.45. The van der Waals surface area contributed by atoms with Gasteiger partial charge in [-0.3, -0.25) is 0 Å². The zero-order valence-corrected chi connectivity index (χ0v) is 11.5. The average Bonchev–Trinajstić information content (AvgIpc) is 2.77. The highest BCUT2D eigenvalue weighted by molar-refractivity contribution is 5.82. The third kappa shape index (κ3) is 1.76. The first kappa shape index (κ1) is 12.0. The van der Waals surface area contributed by atoms with Crippen molar-refractivity contribution in [2.75, 3.05) is 6.54 Å². The Morgan fingerprint density at radius 1 is 1.10 bits per heavy atom. The number of carbonyl (C=O) groups excluding carboxylic acids is 1. The summed E-state index contributed by atoms with van der Waals surface area (Å²) in [6.07, 6.45) is 5.72. The number of cyclic esters (lactones) is 1. The van der Waals surface area contributed by atoms with E-state index in [0.717, 1.165) is 30.7 Å². The number of hydrogen-bond donors (Lipinski definition) is 0. The number of amides is 1. The summed E-state index contributed by atoms with van der Waals surface area (Å²) in [7, 11) is 0. The standard InChI is InChI=1S/C17H19NO2/c19-17-18-11-5-4-6-12-9-10-14(15(12)18)16(20-17)13-7-2-1-3-8-13/h1-3,7-8,12,15H,4-6,9-11H2. The Labute approximate surface area is 119 Å². The van der Waals surface area contributed by atoms with Crippen LogP contribution in [-0.2, 0) is 4.74 Å². The van der Waals surface area contributed by atoms with E-state index in [1.54, 1.807) is 0 Å². The Morgan fingerprint density at radius 2 is 1.95 bits per heavy atom. The Morgan fingerprint density at radius 3 is 2.80 bits per heavy atom. The van der Waals surface area contributed by atoms with Crippen molar-refractivity contribution in [1.82, 2.24) is 4.90 Å². The summed E-state index contributed by atoms with van der Waals surface area (Å²) < 4.78 is 5.69. The SMILES string of the molecule is O=C1OC(c2ccccc2)=C2CCC3CCCCN1C23. The van der Waals surface area contributed by atoms with Crippen LogP contribution in [0.1, 0.15) is 37.7 Å². The summed E-state index contributed by atoms with van der Waals surface area (Å²) in [6, 6.07) is 10.4. The zero-order valence-electron chi connectivity index (χ0n) is 11.5. The molecule has 1 aromatic rings. The van der Waals surface area contributed by atoms with Crippen LogP contribution < -0.4 is 0 Å². The zero-order chi connectivity index (χ0) is 13.5. The minimum Gasteiger partial charge on any atom is -0.410 e. The van der Waals surface area contributed by atoms with Crippen molar-refractivity contribution in [3.05, 3.63) is 41.5 Å². The van der Waals surface area contributed by atoms with Gasteiger partial charge in [-0.15, -0.1) is 0 Å². The van der Waals surface area contributed by atoms with Gasteiger partial charge in [-0.25, -0.2) is 4.79 Å². The minimum atomic E-state index is -0.147. The number of hydrogen-bond acceptors (Lipinski definition) is 2. The van der Waals surface area contributed by atoms with Crippen LogP contribution in [0.25, 0.3) is 5.76 Å². The summed E-state index contributed by atoms with van der Waals surface area (Å²) in [5.74, 6) is 1.47. The van der Waals surface area contributed by atoms with Gasteiger partial charge in [0.05, 0.1) is 6.04 Å². The van der Waals surface area contributed by atoms with E-state index in [1.165, 1.54) is 24.8 Å².